The van der Waals surface area contributed by atoms with Crippen LogP contribution in [0.2, 0.25) is 0 Å². The number of hydrogen-bond acceptors (Lipinski definition) is 5. The minimum absolute atomic E-state index is 0.0260. The van der Waals surface area contributed by atoms with Crippen LogP contribution in [-0.4, -0.2) is 32.5 Å². The molecule has 1 amide bonds. The number of ether oxygens (including phenoxy) is 1. The van der Waals surface area contributed by atoms with Gasteiger partial charge in [-0.3, -0.25) is 9.36 Å². The monoisotopic (exact) mass is 550 g/mol. The number of thioether (sulfide) groups is 1. The second-order valence-electron chi connectivity index (χ2n) is 8.19. The molecule has 1 aromatic heterocycles. The molecule has 0 aliphatic heterocycles. The highest BCUT2D eigenvalue weighted by Gasteiger charge is 2.21. The number of aromatic nitrogens is 3. The normalized spacial score (nSPS) is 11.0. The van der Waals surface area contributed by atoms with E-state index in [0.29, 0.717) is 17.5 Å². The Kier molecular flexibility index (Phi) is 8.60. The van der Waals surface area contributed by atoms with Crippen LogP contribution in [0.1, 0.15) is 25.2 Å². The number of benzene rings is 3. The van der Waals surface area contributed by atoms with E-state index in [1.165, 1.54) is 11.8 Å². The maximum absolute atomic E-state index is 13.2. The zero-order chi connectivity index (χ0) is 24.6. The number of nitrogens with zero attached hydrogens (tertiary/aromatic N) is 4. The maximum Gasteiger partial charge on any atom is 0.237 e. The SMILES string of the molecule is CC(C)N(C(=O)CSc1nnc(COc2ccc(Br)cc2)n1Cc1ccccc1)c1ccccc1. The van der Waals surface area contributed by atoms with Gasteiger partial charge in [0.05, 0.1) is 12.3 Å². The van der Waals surface area contributed by atoms with Gasteiger partial charge in [0.1, 0.15) is 12.4 Å². The van der Waals surface area contributed by atoms with Gasteiger partial charge in [-0.1, -0.05) is 76.2 Å². The molecule has 6 nitrogen and oxygen atoms in total. The lowest BCUT2D eigenvalue weighted by molar-refractivity contribution is -0.116. The molecule has 0 aliphatic carbocycles. The highest BCUT2D eigenvalue weighted by Crippen LogP contribution is 2.24. The van der Waals surface area contributed by atoms with Crippen molar-refractivity contribution in [1.29, 1.82) is 0 Å². The Morgan fingerprint density at radius 1 is 0.971 bits per heavy atom. The topological polar surface area (TPSA) is 60.3 Å². The number of halogens is 1. The fourth-order valence-electron chi connectivity index (χ4n) is 3.65. The average Bonchev–Trinajstić information content (AvgIpc) is 3.24. The van der Waals surface area contributed by atoms with Crippen LogP contribution < -0.4 is 9.64 Å². The molecule has 3 aromatic carbocycles. The molecule has 35 heavy (non-hydrogen) atoms. The van der Waals surface area contributed by atoms with Gasteiger partial charge < -0.3 is 9.64 Å². The van der Waals surface area contributed by atoms with E-state index in [0.717, 1.165) is 21.5 Å². The molecule has 180 valence electrons. The van der Waals surface area contributed by atoms with E-state index in [1.54, 1.807) is 0 Å². The van der Waals surface area contributed by atoms with Crippen molar-refractivity contribution in [2.45, 2.75) is 38.2 Å². The van der Waals surface area contributed by atoms with Crippen molar-refractivity contribution in [2.75, 3.05) is 10.7 Å². The Labute approximate surface area is 218 Å². The third-order valence-electron chi connectivity index (χ3n) is 5.30. The number of anilines is 1. The lowest BCUT2D eigenvalue weighted by Crippen LogP contribution is -2.38. The first-order valence-electron chi connectivity index (χ1n) is 11.4. The van der Waals surface area contributed by atoms with Crippen LogP contribution in [0.4, 0.5) is 5.69 Å². The highest BCUT2D eigenvalue weighted by molar-refractivity contribution is 9.10. The van der Waals surface area contributed by atoms with E-state index in [-0.39, 0.29) is 24.3 Å². The Bertz CT molecular complexity index is 1230. The quantitative estimate of drug-likeness (QED) is 0.220. The molecular weight excluding hydrogens is 524 g/mol. The molecule has 0 N–H and O–H groups in total. The summed E-state index contributed by atoms with van der Waals surface area (Å²) in [6.45, 7) is 4.91. The summed E-state index contributed by atoms with van der Waals surface area (Å²) in [6, 6.07) is 27.6. The van der Waals surface area contributed by atoms with Crippen molar-refractivity contribution in [2.24, 2.45) is 0 Å². The van der Waals surface area contributed by atoms with Crippen molar-refractivity contribution in [3.8, 4) is 5.75 Å². The molecule has 0 atom stereocenters. The van der Waals surface area contributed by atoms with Gasteiger partial charge in [0.25, 0.3) is 0 Å². The summed E-state index contributed by atoms with van der Waals surface area (Å²) in [5.41, 5.74) is 2.01. The molecule has 0 radical (unpaired) electrons. The molecule has 0 unspecified atom stereocenters. The molecular formula is C27H27BrN4O2S. The molecule has 0 saturated carbocycles. The smallest absolute Gasteiger partial charge is 0.237 e. The minimum atomic E-state index is 0.0260. The zero-order valence-electron chi connectivity index (χ0n) is 19.7. The summed E-state index contributed by atoms with van der Waals surface area (Å²) in [7, 11) is 0. The van der Waals surface area contributed by atoms with Crippen LogP contribution in [0.15, 0.2) is 94.6 Å². The van der Waals surface area contributed by atoms with Crippen LogP contribution in [0.5, 0.6) is 5.75 Å². The second-order valence-corrected chi connectivity index (χ2v) is 10.1. The molecule has 4 rings (SSSR count). The minimum Gasteiger partial charge on any atom is -0.486 e. The summed E-state index contributed by atoms with van der Waals surface area (Å²) in [5, 5.41) is 9.49. The summed E-state index contributed by atoms with van der Waals surface area (Å²) >= 11 is 4.84. The van der Waals surface area contributed by atoms with E-state index in [2.05, 4.69) is 38.3 Å². The molecule has 4 aromatic rings. The van der Waals surface area contributed by atoms with Crippen molar-refractivity contribution in [3.05, 3.63) is 101 Å². The van der Waals surface area contributed by atoms with E-state index in [1.807, 2.05) is 96.1 Å². The largest absolute Gasteiger partial charge is 0.486 e. The Hall–Kier alpha value is -3.10. The standard InChI is InChI=1S/C27H27BrN4O2S/c1-20(2)32(23-11-7-4-8-12-23)26(33)19-35-27-30-29-25(18-34-24-15-13-22(28)14-16-24)31(27)17-21-9-5-3-6-10-21/h3-16,20H,17-19H2,1-2H3. The first kappa shape index (κ1) is 25.0. The number of rotatable bonds is 10. The van der Waals surface area contributed by atoms with Crippen LogP contribution in [0.3, 0.4) is 0 Å². The van der Waals surface area contributed by atoms with Gasteiger partial charge in [0.2, 0.25) is 5.91 Å². The number of carbonyl (C=O) groups is 1. The number of carbonyl (C=O) groups excluding carboxylic acids is 1. The summed E-state index contributed by atoms with van der Waals surface area (Å²) in [5.74, 6) is 1.74. The van der Waals surface area contributed by atoms with Gasteiger partial charge in [-0.05, 0) is 55.8 Å². The third kappa shape index (κ3) is 6.74. The van der Waals surface area contributed by atoms with Gasteiger partial charge in [-0.15, -0.1) is 10.2 Å². The van der Waals surface area contributed by atoms with Crippen molar-refractivity contribution in [3.63, 3.8) is 0 Å². The number of para-hydroxylation sites is 1. The predicted molar refractivity (Wildman–Crippen MR) is 144 cm³/mol. The van der Waals surface area contributed by atoms with Gasteiger partial charge in [-0.25, -0.2) is 0 Å². The first-order chi connectivity index (χ1) is 17.0. The Morgan fingerprint density at radius 3 is 2.29 bits per heavy atom. The molecule has 0 spiro atoms. The molecule has 0 aliphatic rings. The summed E-state index contributed by atoms with van der Waals surface area (Å²) < 4.78 is 8.98. The highest BCUT2D eigenvalue weighted by atomic mass is 79.9. The lowest BCUT2D eigenvalue weighted by atomic mass is 10.2. The summed E-state index contributed by atoms with van der Waals surface area (Å²) in [6.07, 6.45) is 0. The van der Waals surface area contributed by atoms with E-state index >= 15 is 0 Å². The van der Waals surface area contributed by atoms with Crippen LogP contribution >= 0.6 is 27.7 Å². The van der Waals surface area contributed by atoms with E-state index in [4.69, 9.17) is 4.74 Å². The Morgan fingerprint density at radius 2 is 1.63 bits per heavy atom. The molecule has 1 heterocycles. The van der Waals surface area contributed by atoms with E-state index < -0.39 is 0 Å². The number of hydrogen-bond donors (Lipinski definition) is 0. The first-order valence-corrected chi connectivity index (χ1v) is 13.1. The van der Waals surface area contributed by atoms with Crippen molar-refractivity contribution < 1.29 is 9.53 Å². The van der Waals surface area contributed by atoms with Crippen LogP contribution in [0.25, 0.3) is 0 Å². The van der Waals surface area contributed by atoms with Crippen molar-refractivity contribution >= 4 is 39.3 Å². The molecule has 8 heteroatoms. The van der Waals surface area contributed by atoms with Crippen LogP contribution in [0, 0.1) is 0 Å². The third-order valence-corrected chi connectivity index (χ3v) is 6.78. The summed E-state index contributed by atoms with van der Waals surface area (Å²) in [4.78, 5) is 15.0. The lowest BCUT2D eigenvalue weighted by Gasteiger charge is -2.26. The zero-order valence-corrected chi connectivity index (χ0v) is 22.1. The fraction of sp³-hybridized carbons (Fsp3) is 0.222. The second kappa shape index (κ2) is 12.0. The number of amides is 1. The van der Waals surface area contributed by atoms with Crippen LogP contribution in [-0.2, 0) is 17.9 Å². The van der Waals surface area contributed by atoms with Gasteiger partial charge in [-0.2, -0.15) is 0 Å². The van der Waals surface area contributed by atoms with E-state index in [9.17, 15) is 4.79 Å². The average molecular weight is 552 g/mol. The Balaban J connectivity index is 1.51. The molecule has 0 bridgehead atoms. The predicted octanol–water partition coefficient (Wildman–Crippen LogP) is 6.20. The maximum atomic E-state index is 13.2. The fourth-order valence-corrected chi connectivity index (χ4v) is 4.73. The van der Waals surface area contributed by atoms with Gasteiger partial charge in [0, 0.05) is 16.2 Å². The van der Waals surface area contributed by atoms with Gasteiger partial charge >= 0.3 is 0 Å². The van der Waals surface area contributed by atoms with Crippen molar-refractivity contribution in [1.82, 2.24) is 14.8 Å². The molecule has 0 fully saturated rings. The van der Waals surface area contributed by atoms with Gasteiger partial charge in [0.15, 0.2) is 11.0 Å². The molecule has 0 saturated heterocycles.